The largest absolute Gasteiger partial charge is 0.349 e. The number of nitrogens with one attached hydrogen (secondary N) is 1. The van der Waals surface area contributed by atoms with Crippen LogP contribution in [0.5, 0.6) is 0 Å². The lowest BCUT2D eigenvalue weighted by atomic mass is 10.0. The van der Waals surface area contributed by atoms with E-state index in [1.807, 2.05) is 55.2 Å². The Morgan fingerprint density at radius 3 is 2.81 bits per heavy atom. The number of aryl methyl sites for hydroxylation is 2. The van der Waals surface area contributed by atoms with E-state index in [1.54, 1.807) is 0 Å². The lowest BCUT2D eigenvalue weighted by Crippen LogP contribution is -2.32. The van der Waals surface area contributed by atoms with Crippen LogP contribution >= 0.6 is 0 Å². The Hall–Kier alpha value is -2.69. The molecule has 4 rings (SSSR count). The third-order valence-electron chi connectivity index (χ3n) is 5.15. The van der Waals surface area contributed by atoms with Crippen molar-refractivity contribution in [1.82, 2.24) is 20.1 Å². The summed E-state index contributed by atoms with van der Waals surface area (Å²) >= 11 is 0. The van der Waals surface area contributed by atoms with Gasteiger partial charge in [-0.1, -0.05) is 24.5 Å². The monoisotopic (exact) mass is 348 g/mol. The summed E-state index contributed by atoms with van der Waals surface area (Å²) in [4.78, 5) is 17.8. The van der Waals surface area contributed by atoms with Crippen molar-refractivity contribution in [2.24, 2.45) is 0 Å². The van der Waals surface area contributed by atoms with Crippen molar-refractivity contribution in [3.8, 4) is 11.3 Å². The molecule has 0 unspecified atom stereocenters. The second kappa shape index (κ2) is 6.90. The van der Waals surface area contributed by atoms with Gasteiger partial charge in [0.25, 0.3) is 5.91 Å². The van der Waals surface area contributed by atoms with Crippen molar-refractivity contribution >= 4 is 16.8 Å². The van der Waals surface area contributed by atoms with E-state index in [2.05, 4.69) is 10.4 Å². The molecule has 0 radical (unpaired) electrons. The zero-order valence-corrected chi connectivity index (χ0v) is 15.3. The van der Waals surface area contributed by atoms with Gasteiger partial charge >= 0.3 is 0 Å². The first kappa shape index (κ1) is 16.8. The molecule has 0 saturated heterocycles. The molecule has 5 heteroatoms. The maximum Gasteiger partial charge on any atom is 0.252 e. The van der Waals surface area contributed by atoms with E-state index in [0.29, 0.717) is 11.6 Å². The number of hydrogen-bond acceptors (Lipinski definition) is 3. The van der Waals surface area contributed by atoms with Gasteiger partial charge in [-0.2, -0.15) is 5.10 Å². The first-order valence-electron chi connectivity index (χ1n) is 9.39. The summed E-state index contributed by atoms with van der Waals surface area (Å²) in [7, 11) is 0. The first-order valence-corrected chi connectivity index (χ1v) is 9.39. The summed E-state index contributed by atoms with van der Waals surface area (Å²) < 4.78 is 1.87. The van der Waals surface area contributed by atoms with E-state index in [1.165, 1.54) is 12.8 Å². The predicted molar refractivity (Wildman–Crippen MR) is 103 cm³/mol. The van der Waals surface area contributed by atoms with Crippen molar-refractivity contribution in [1.29, 1.82) is 0 Å². The van der Waals surface area contributed by atoms with Crippen LogP contribution in [0.1, 0.15) is 48.5 Å². The number of rotatable bonds is 4. The number of nitrogens with zero attached hydrogens (tertiary/aromatic N) is 3. The van der Waals surface area contributed by atoms with E-state index in [9.17, 15) is 4.79 Å². The number of fused-ring (bicyclic) bond motifs is 1. The van der Waals surface area contributed by atoms with Gasteiger partial charge in [-0.25, -0.2) is 4.98 Å². The fourth-order valence-electron chi connectivity index (χ4n) is 3.68. The fraction of sp³-hybridized carbons (Fsp3) is 0.381. The molecular formula is C21H24N4O. The van der Waals surface area contributed by atoms with Gasteiger partial charge in [-0.05, 0) is 44.9 Å². The molecule has 1 aliphatic rings. The Labute approximate surface area is 153 Å². The maximum absolute atomic E-state index is 13.0. The number of hydrogen-bond donors (Lipinski definition) is 1. The van der Waals surface area contributed by atoms with Crippen molar-refractivity contribution < 1.29 is 4.79 Å². The third-order valence-corrected chi connectivity index (χ3v) is 5.15. The van der Waals surface area contributed by atoms with Crippen LogP contribution in [0, 0.1) is 6.92 Å². The van der Waals surface area contributed by atoms with Gasteiger partial charge in [0.1, 0.15) is 0 Å². The summed E-state index contributed by atoms with van der Waals surface area (Å²) in [5.41, 5.74) is 4.39. The van der Waals surface area contributed by atoms with Gasteiger partial charge in [0, 0.05) is 29.7 Å². The third kappa shape index (κ3) is 3.21. The quantitative estimate of drug-likeness (QED) is 0.772. The Morgan fingerprint density at radius 2 is 2.08 bits per heavy atom. The molecule has 1 aromatic carbocycles. The number of amides is 1. The van der Waals surface area contributed by atoms with Gasteiger partial charge in [-0.3, -0.25) is 9.48 Å². The van der Waals surface area contributed by atoms with Gasteiger partial charge in [0.15, 0.2) is 0 Å². The SMILES string of the molecule is CCn1cc(-c2cc(C(=O)NC3CCCC3)c3cc(C)ccc3n2)cn1. The minimum Gasteiger partial charge on any atom is -0.349 e. The fourth-order valence-corrected chi connectivity index (χ4v) is 3.68. The number of pyridine rings is 1. The molecule has 0 spiro atoms. The summed E-state index contributed by atoms with van der Waals surface area (Å²) in [6.07, 6.45) is 8.32. The molecule has 0 aliphatic heterocycles. The van der Waals surface area contributed by atoms with Crippen LogP contribution in [0.15, 0.2) is 36.7 Å². The van der Waals surface area contributed by atoms with Gasteiger partial charge in [-0.15, -0.1) is 0 Å². The molecule has 0 atom stereocenters. The smallest absolute Gasteiger partial charge is 0.252 e. The van der Waals surface area contributed by atoms with Gasteiger partial charge in [0.05, 0.1) is 23.0 Å². The summed E-state index contributed by atoms with van der Waals surface area (Å²) in [5.74, 6) is -0.000895. The van der Waals surface area contributed by atoms with E-state index in [-0.39, 0.29) is 5.91 Å². The molecule has 134 valence electrons. The number of benzene rings is 1. The summed E-state index contributed by atoms with van der Waals surface area (Å²) in [5, 5.41) is 8.46. The highest BCUT2D eigenvalue weighted by molar-refractivity contribution is 6.07. The van der Waals surface area contributed by atoms with Crippen molar-refractivity contribution in [3.63, 3.8) is 0 Å². The zero-order valence-electron chi connectivity index (χ0n) is 15.3. The van der Waals surface area contributed by atoms with Crippen LogP contribution < -0.4 is 5.32 Å². The van der Waals surface area contributed by atoms with Crippen molar-refractivity contribution in [3.05, 3.63) is 47.8 Å². The van der Waals surface area contributed by atoms with E-state index in [0.717, 1.165) is 47.1 Å². The summed E-state index contributed by atoms with van der Waals surface area (Å²) in [6, 6.07) is 8.27. The number of carbonyl (C=O) groups is 1. The van der Waals surface area contributed by atoms with Crippen LogP contribution in [0.2, 0.25) is 0 Å². The second-order valence-electron chi connectivity index (χ2n) is 7.12. The van der Waals surface area contributed by atoms with Crippen molar-refractivity contribution in [2.75, 3.05) is 0 Å². The van der Waals surface area contributed by atoms with Crippen LogP contribution in [0.4, 0.5) is 0 Å². The molecule has 0 bridgehead atoms. The van der Waals surface area contributed by atoms with Gasteiger partial charge < -0.3 is 5.32 Å². The topological polar surface area (TPSA) is 59.8 Å². The first-order chi connectivity index (χ1) is 12.6. The second-order valence-corrected chi connectivity index (χ2v) is 7.12. The average Bonchev–Trinajstić information content (AvgIpc) is 3.32. The van der Waals surface area contributed by atoms with E-state index in [4.69, 9.17) is 4.98 Å². The highest BCUT2D eigenvalue weighted by Crippen LogP contribution is 2.26. The molecule has 1 saturated carbocycles. The molecule has 1 N–H and O–H groups in total. The minimum atomic E-state index is -0.000895. The highest BCUT2D eigenvalue weighted by atomic mass is 16.1. The molecule has 1 aliphatic carbocycles. The molecular weight excluding hydrogens is 324 g/mol. The number of carbonyl (C=O) groups excluding carboxylic acids is 1. The number of aromatic nitrogens is 3. The molecule has 1 amide bonds. The Kier molecular flexibility index (Phi) is 4.45. The Balaban J connectivity index is 1.79. The molecule has 1 fully saturated rings. The Bertz CT molecular complexity index is 954. The predicted octanol–water partition coefficient (Wildman–Crippen LogP) is 4.10. The summed E-state index contributed by atoms with van der Waals surface area (Å²) in [6.45, 7) is 4.90. The molecule has 2 heterocycles. The van der Waals surface area contributed by atoms with Crippen molar-refractivity contribution in [2.45, 2.75) is 52.1 Å². The van der Waals surface area contributed by atoms with Gasteiger partial charge in [0.2, 0.25) is 0 Å². The van der Waals surface area contributed by atoms with Crippen LogP contribution in [-0.2, 0) is 6.54 Å². The minimum absolute atomic E-state index is 0.000895. The molecule has 3 aromatic rings. The lowest BCUT2D eigenvalue weighted by molar-refractivity contribution is 0.0939. The molecule has 2 aromatic heterocycles. The molecule has 5 nitrogen and oxygen atoms in total. The normalized spacial score (nSPS) is 14.8. The highest BCUT2D eigenvalue weighted by Gasteiger charge is 2.20. The van der Waals surface area contributed by atoms with E-state index >= 15 is 0 Å². The van der Waals surface area contributed by atoms with Crippen LogP contribution in [0.25, 0.3) is 22.2 Å². The standard InChI is InChI=1S/C21H24N4O/c1-3-25-13-15(12-22-25)20-11-18(21(26)23-16-6-4-5-7-16)17-10-14(2)8-9-19(17)24-20/h8-13,16H,3-7H2,1-2H3,(H,23,26). The lowest BCUT2D eigenvalue weighted by Gasteiger charge is -2.14. The average molecular weight is 348 g/mol. The van der Waals surface area contributed by atoms with E-state index < -0.39 is 0 Å². The maximum atomic E-state index is 13.0. The molecule has 26 heavy (non-hydrogen) atoms. The van der Waals surface area contributed by atoms with Crippen LogP contribution in [0.3, 0.4) is 0 Å². The Morgan fingerprint density at radius 1 is 1.27 bits per heavy atom. The zero-order chi connectivity index (χ0) is 18.1. The van der Waals surface area contributed by atoms with Crippen LogP contribution in [-0.4, -0.2) is 26.7 Å².